The molecule has 2 fully saturated rings. The number of hydrogen-bond acceptors (Lipinski definition) is 4. The average molecular weight is 255 g/mol. The highest BCUT2D eigenvalue weighted by molar-refractivity contribution is 6.05. The van der Waals surface area contributed by atoms with Crippen molar-refractivity contribution < 1.29 is 19.8 Å². The summed E-state index contributed by atoms with van der Waals surface area (Å²) in [4.78, 5) is 25.5. The van der Waals surface area contributed by atoms with Gasteiger partial charge in [-0.1, -0.05) is 13.3 Å². The Morgan fingerprint density at radius 1 is 1.28 bits per heavy atom. The zero-order valence-electron chi connectivity index (χ0n) is 10.9. The molecule has 3 atom stereocenters. The van der Waals surface area contributed by atoms with Gasteiger partial charge in [-0.15, -0.1) is 0 Å². The summed E-state index contributed by atoms with van der Waals surface area (Å²) in [7, 11) is 0. The number of fused-ring (bicyclic) bond motifs is 1. The molecule has 1 heterocycles. The van der Waals surface area contributed by atoms with Crippen LogP contribution in [0.5, 0.6) is 0 Å². The molecule has 0 spiro atoms. The Bertz CT molecular complexity index is 342. The van der Waals surface area contributed by atoms with Gasteiger partial charge in [0.15, 0.2) is 0 Å². The van der Waals surface area contributed by atoms with Crippen LogP contribution in [-0.4, -0.2) is 45.7 Å². The lowest BCUT2D eigenvalue weighted by molar-refractivity contribution is -0.145. The van der Waals surface area contributed by atoms with Crippen LogP contribution < -0.4 is 0 Å². The van der Waals surface area contributed by atoms with Gasteiger partial charge in [-0.05, 0) is 25.7 Å². The Kier molecular flexibility index (Phi) is 3.47. The number of likely N-dealkylation sites (tertiary alicyclic amines) is 1. The molecule has 1 aliphatic heterocycles. The summed E-state index contributed by atoms with van der Waals surface area (Å²) in [6.07, 6.45) is 2.56. The fourth-order valence-corrected chi connectivity index (χ4v) is 3.08. The lowest BCUT2D eigenvalue weighted by Crippen LogP contribution is -2.46. The average Bonchev–Trinajstić information content (AvgIpc) is 2.85. The molecule has 0 aromatic rings. The van der Waals surface area contributed by atoms with Gasteiger partial charge in [0.1, 0.15) is 5.60 Å². The topological polar surface area (TPSA) is 77.8 Å². The van der Waals surface area contributed by atoms with E-state index in [1.807, 2.05) is 0 Å². The van der Waals surface area contributed by atoms with Gasteiger partial charge in [0.05, 0.1) is 25.0 Å². The van der Waals surface area contributed by atoms with Crippen molar-refractivity contribution in [2.24, 2.45) is 17.8 Å². The SMILES string of the molecule is CCC1CC2C(=O)N(CC(C)(O)CO)C(=O)C2C1. The molecule has 2 N–H and O–H groups in total. The predicted octanol–water partition coefficient (Wildman–Crippen LogP) is 0.151. The Morgan fingerprint density at radius 3 is 2.17 bits per heavy atom. The molecular formula is C13H21NO4. The monoisotopic (exact) mass is 255 g/mol. The molecule has 18 heavy (non-hydrogen) atoms. The van der Waals surface area contributed by atoms with Gasteiger partial charge in [0.2, 0.25) is 11.8 Å². The van der Waals surface area contributed by atoms with Gasteiger partial charge >= 0.3 is 0 Å². The Labute approximate surface area is 107 Å². The summed E-state index contributed by atoms with van der Waals surface area (Å²) in [5.74, 6) is -0.272. The van der Waals surface area contributed by atoms with Crippen molar-refractivity contribution in [3.8, 4) is 0 Å². The smallest absolute Gasteiger partial charge is 0.233 e. The fourth-order valence-electron chi connectivity index (χ4n) is 3.08. The lowest BCUT2D eigenvalue weighted by atomic mass is 10.00. The van der Waals surface area contributed by atoms with E-state index in [0.717, 1.165) is 24.2 Å². The van der Waals surface area contributed by atoms with Gasteiger partial charge in [-0.25, -0.2) is 0 Å². The molecule has 1 saturated carbocycles. The zero-order valence-corrected chi connectivity index (χ0v) is 10.9. The number of amides is 2. The van der Waals surface area contributed by atoms with E-state index in [2.05, 4.69) is 6.92 Å². The second kappa shape index (κ2) is 4.63. The van der Waals surface area contributed by atoms with Crippen molar-refractivity contribution in [1.82, 2.24) is 4.90 Å². The van der Waals surface area contributed by atoms with Crippen molar-refractivity contribution in [1.29, 1.82) is 0 Å². The largest absolute Gasteiger partial charge is 0.393 e. The normalized spacial score (nSPS) is 34.9. The second-order valence-electron chi connectivity index (χ2n) is 5.88. The summed E-state index contributed by atoms with van der Waals surface area (Å²) in [6.45, 7) is 2.94. The molecular weight excluding hydrogens is 234 g/mol. The maximum Gasteiger partial charge on any atom is 0.233 e. The van der Waals surface area contributed by atoms with E-state index >= 15 is 0 Å². The van der Waals surface area contributed by atoms with E-state index in [9.17, 15) is 14.7 Å². The van der Waals surface area contributed by atoms with E-state index in [1.54, 1.807) is 0 Å². The highest BCUT2D eigenvalue weighted by Gasteiger charge is 2.53. The summed E-state index contributed by atoms with van der Waals surface area (Å²) >= 11 is 0. The third-order valence-corrected chi connectivity index (χ3v) is 4.24. The second-order valence-corrected chi connectivity index (χ2v) is 5.88. The number of rotatable bonds is 4. The van der Waals surface area contributed by atoms with Gasteiger partial charge in [-0.3, -0.25) is 14.5 Å². The highest BCUT2D eigenvalue weighted by Crippen LogP contribution is 2.44. The first-order chi connectivity index (χ1) is 8.39. The van der Waals surface area contributed by atoms with Crippen LogP contribution in [0.2, 0.25) is 0 Å². The van der Waals surface area contributed by atoms with Crippen LogP contribution in [0.1, 0.15) is 33.1 Å². The predicted molar refractivity (Wildman–Crippen MR) is 64.4 cm³/mol. The minimum absolute atomic E-state index is 0.106. The van der Waals surface area contributed by atoms with E-state index in [4.69, 9.17) is 5.11 Å². The minimum atomic E-state index is -1.41. The first kappa shape index (κ1) is 13.5. The molecule has 2 rings (SSSR count). The Hall–Kier alpha value is -0.940. The Morgan fingerprint density at radius 2 is 1.78 bits per heavy atom. The van der Waals surface area contributed by atoms with E-state index in [0.29, 0.717) is 5.92 Å². The molecule has 0 bridgehead atoms. The molecule has 5 heteroatoms. The van der Waals surface area contributed by atoms with Crippen LogP contribution in [0.4, 0.5) is 0 Å². The first-order valence-electron chi connectivity index (χ1n) is 6.58. The van der Waals surface area contributed by atoms with Crippen LogP contribution in [0.3, 0.4) is 0 Å². The molecule has 102 valence electrons. The van der Waals surface area contributed by atoms with Crippen molar-refractivity contribution in [2.45, 2.75) is 38.7 Å². The number of imide groups is 1. The fraction of sp³-hybridized carbons (Fsp3) is 0.846. The quantitative estimate of drug-likeness (QED) is 0.701. The van der Waals surface area contributed by atoms with Gasteiger partial charge in [-0.2, -0.15) is 0 Å². The van der Waals surface area contributed by atoms with Crippen molar-refractivity contribution in [3.63, 3.8) is 0 Å². The number of carbonyl (C=O) groups excluding carboxylic acids is 2. The van der Waals surface area contributed by atoms with Gasteiger partial charge in [0.25, 0.3) is 0 Å². The molecule has 0 radical (unpaired) electrons. The number of nitrogens with zero attached hydrogens (tertiary/aromatic N) is 1. The third-order valence-electron chi connectivity index (χ3n) is 4.24. The minimum Gasteiger partial charge on any atom is -0.393 e. The third kappa shape index (κ3) is 2.17. The number of hydrogen-bond donors (Lipinski definition) is 2. The van der Waals surface area contributed by atoms with Gasteiger partial charge in [0, 0.05) is 0 Å². The summed E-state index contributed by atoms with van der Waals surface area (Å²) in [5.41, 5.74) is -1.41. The molecule has 2 amide bonds. The molecule has 0 aromatic heterocycles. The van der Waals surface area contributed by atoms with Crippen LogP contribution >= 0.6 is 0 Å². The number of carbonyl (C=O) groups is 2. The van der Waals surface area contributed by atoms with Crippen LogP contribution in [0.15, 0.2) is 0 Å². The zero-order chi connectivity index (χ0) is 13.5. The molecule has 1 aliphatic carbocycles. The molecule has 2 aliphatic rings. The van der Waals surface area contributed by atoms with Crippen molar-refractivity contribution in [2.75, 3.05) is 13.2 Å². The van der Waals surface area contributed by atoms with Crippen LogP contribution in [-0.2, 0) is 9.59 Å². The van der Waals surface area contributed by atoms with Crippen LogP contribution in [0, 0.1) is 17.8 Å². The standard InChI is InChI=1S/C13H21NO4/c1-3-8-4-9-10(5-8)12(17)14(11(9)16)6-13(2,18)7-15/h8-10,15,18H,3-7H2,1-2H3. The van der Waals surface area contributed by atoms with Crippen molar-refractivity contribution in [3.05, 3.63) is 0 Å². The van der Waals surface area contributed by atoms with E-state index in [-0.39, 0.29) is 30.2 Å². The number of β-amino-alcohol motifs (C(OH)–C–C–N with tert-alkyl or cyclic N) is 1. The molecule has 3 unspecified atom stereocenters. The number of aliphatic hydroxyl groups excluding tert-OH is 1. The lowest BCUT2D eigenvalue weighted by Gasteiger charge is -2.26. The van der Waals surface area contributed by atoms with Crippen LogP contribution in [0.25, 0.3) is 0 Å². The molecule has 0 aromatic carbocycles. The highest BCUT2D eigenvalue weighted by atomic mass is 16.3. The van der Waals surface area contributed by atoms with Crippen molar-refractivity contribution >= 4 is 11.8 Å². The summed E-state index contributed by atoms with van der Waals surface area (Å²) in [6, 6.07) is 0. The first-order valence-corrected chi connectivity index (χ1v) is 6.58. The van der Waals surface area contributed by atoms with Gasteiger partial charge < -0.3 is 10.2 Å². The summed E-state index contributed by atoms with van der Waals surface area (Å²) < 4.78 is 0. The van der Waals surface area contributed by atoms with E-state index in [1.165, 1.54) is 6.92 Å². The summed E-state index contributed by atoms with van der Waals surface area (Å²) in [5, 5.41) is 18.8. The molecule has 5 nitrogen and oxygen atoms in total. The Balaban J connectivity index is 2.10. The maximum absolute atomic E-state index is 12.2. The molecule has 1 saturated heterocycles. The number of aliphatic hydroxyl groups is 2. The maximum atomic E-state index is 12.2. The van der Waals surface area contributed by atoms with E-state index < -0.39 is 12.2 Å².